The molecule has 3 heteroatoms. The number of amides is 1. The first kappa shape index (κ1) is 11.4. The maximum Gasteiger partial charge on any atom is 0.257 e. The molecule has 17 heavy (non-hydrogen) atoms. The van der Waals surface area contributed by atoms with Gasteiger partial charge >= 0.3 is 0 Å². The van der Waals surface area contributed by atoms with Crippen LogP contribution in [-0.2, 0) is 4.79 Å². The SMILES string of the molecule is CCCC/C(C#N)=C1\C(=O)Nc2ccccc21. The van der Waals surface area contributed by atoms with Crippen LogP contribution in [0.5, 0.6) is 0 Å². The molecule has 0 fully saturated rings. The Bertz CT molecular complexity index is 523. The number of nitrogens with one attached hydrogen (secondary N) is 1. The van der Waals surface area contributed by atoms with E-state index in [0.29, 0.717) is 17.6 Å². The summed E-state index contributed by atoms with van der Waals surface area (Å²) in [6.07, 6.45) is 2.62. The highest BCUT2D eigenvalue weighted by molar-refractivity contribution is 6.32. The van der Waals surface area contributed by atoms with Crippen LogP contribution in [0.2, 0.25) is 0 Å². The Hall–Kier alpha value is -2.08. The fourth-order valence-electron chi connectivity index (χ4n) is 2.01. The van der Waals surface area contributed by atoms with Gasteiger partial charge in [-0.05, 0) is 18.9 Å². The fourth-order valence-corrected chi connectivity index (χ4v) is 2.01. The lowest BCUT2D eigenvalue weighted by molar-refractivity contribution is -0.110. The van der Waals surface area contributed by atoms with Gasteiger partial charge in [0.1, 0.15) is 0 Å². The normalized spacial score (nSPS) is 16.1. The number of allylic oxidation sites excluding steroid dienone is 1. The second-order valence-corrected chi connectivity index (χ2v) is 4.07. The zero-order chi connectivity index (χ0) is 12.3. The van der Waals surface area contributed by atoms with E-state index in [2.05, 4.69) is 18.3 Å². The molecule has 0 saturated heterocycles. The highest BCUT2D eigenvalue weighted by Crippen LogP contribution is 2.34. The molecule has 0 aliphatic carbocycles. The molecule has 1 aromatic rings. The van der Waals surface area contributed by atoms with E-state index < -0.39 is 0 Å². The number of nitrogens with zero attached hydrogens (tertiary/aromatic N) is 1. The first-order valence-corrected chi connectivity index (χ1v) is 5.82. The number of hydrogen-bond donors (Lipinski definition) is 1. The number of anilines is 1. The molecular formula is C14H14N2O. The van der Waals surface area contributed by atoms with E-state index in [9.17, 15) is 4.79 Å². The van der Waals surface area contributed by atoms with Crippen LogP contribution in [0.1, 0.15) is 31.7 Å². The van der Waals surface area contributed by atoms with Crippen LogP contribution in [0, 0.1) is 11.3 Å². The second kappa shape index (κ2) is 4.84. The van der Waals surface area contributed by atoms with Crippen molar-refractivity contribution in [2.45, 2.75) is 26.2 Å². The first-order chi connectivity index (χ1) is 8.27. The Balaban J connectivity index is 2.47. The Morgan fingerprint density at radius 3 is 2.88 bits per heavy atom. The second-order valence-electron chi connectivity index (χ2n) is 4.07. The fraction of sp³-hybridized carbons (Fsp3) is 0.286. The quantitative estimate of drug-likeness (QED) is 0.636. The minimum absolute atomic E-state index is 0.154. The number of fused-ring (bicyclic) bond motifs is 1. The van der Waals surface area contributed by atoms with Crippen molar-refractivity contribution in [1.82, 2.24) is 0 Å². The Labute approximate surface area is 101 Å². The number of nitriles is 1. The van der Waals surface area contributed by atoms with Gasteiger partial charge in [0.15, 0.2) is 0 Å². The number of carbonyl (C=O) groups excluding carboxylic acids is 1. The summed E-state index contributed by atoms with van der Waals surface area (Å²) < 4.78 is 0. The summed E-state index contributed by atoms with van der Waals surface area (Å²) in [6, 6.07) is 9.66. The summed E-state index contributed by atoms with van der Waals surface area (Å²) in [5.74, 6) is -0.154. The minimum Gasteiger partial charge on any atom is -0.321 e. The highest BCUT2D eigenvalue weighted by atomic mass is 16.2. The minimum atomic E-state index is -0.154. The molecule has 2 rings (SSSR count). The first-order valence-electron chi connectivity index (χ1n) is 5.82. The van der Waals surface area contributed by atoms with E-state index in [1.54, 1.807) is 0 Å². The van der Waals surface area contributed by atoms with Crippen molar-refractivity contribution >= 4 is 17.2 Å². The predicted molar refractivity (Wildman–Crippen MR) is 67.1 cm³/mol. The van der Waals surface area contributed by atoms with Gasteiger partial charge < -0.3 is 5.32 Å². The smallest absolute Gasteiger partial charge is 0.257 e. The summed E-state index contributed by atoms with van der Waals surface area (Å²) in [5.41, 5.74) is 2.80. The molecule has 0 radical (unpaired) electrons. The zero-order valence-corrected chi connectivity index (χ0v) is 9.79. The van der Waals surface area contributed by atoms with Gasteiger partial charge in [-0.3, -0.25) is 4.79 Å². The summed E-state index contributed by atoms with van der Waals surface area (Å²) in [6.45, 7) is 2.07. The largest absolute Gasteiger partial charge is 0.321 e. The maximum absolute atomic E-state index is 11.9. The van der Waals surface area contributed by atoms with E-state index in [-0.39, 0.29) is 5.91 Å². The molecule has 1 heterocycles. The van der Waals surface area contributed by atoms with Crippen molar-refractivity contribution in [2.24, 2.45) is 0 Å². The number of para-hydroxylation sites is 1. The van der Waals surface area contributed by atoms with Crippen molar-refractivity contribution in [2.75, 3.05) is 5.32 Å². The van der Waals surface area contributed by atoms with Crippen molar-refractivity contribution in [1.29, 1.82) is 5.26 Å². The van der Waals surface area contributed by atoms with Crippen LogP contribution in [0.15, 0.2) is 29.8 Å². The molecule has 1 aliphatic heterocycles. The molecule has 0 bridgehead atoms. The maximum atomic E-state index is 11.9. The number of benzene rings is 1. The molecule has 1 amide bonds. The van der Waals surface area contributed by atoms with Crippen molar-refractivity contribution in [3.05, 3.63) is 35.4 Å². The summed E-state index contributed by atoms with van der Waals surface area (Å²) in [5, 5.41) is 12.0. The molecule has 3 nitrogen and oxygen atoms in total. The third kappa shape index (κ3) is 2.07. The van der Waals surface area contributed by atoms with Crippen LogP contribution in [0.3, 0.4) is 0 Å². The number of unbranched alkanes of at least 4 members (excludes halogenated alkanes) is 1. The van der Waals surface area contributed by atoms with Crippen molar-refractivity contribution in [3.63, 3.8) is 0 Å². The highest BCUT2D eigenvalue weighted by Gasteiger charge is 2.26. The number of hydrogen-bond acceptors (Lipinski definition) is 2. The monoisotopic (exact) mass is 226 g/mol. The Morgan fingerprint density at radius 1 is 1.41 bits per heavy atom. The Morgan fingerprint density at radius 2 is 2.18 bits per heavy atom. The number of carbonyl (C=O) groups is 1. The molecule has 1 N–H and O–H groups in total. The van der Waals surface area contributed by atoms with Gasteiger partial charge in [0, 0.05) is 16.8 Å². The van der Waals surface area contributed by atoms with E-state index in [0.717, 1.165) is 24.1 Å². The van der Waals surface area contributed by atoms with Crippen molar-refractivity contribution < 1.29 is 4.79 Å². The van der Waals surface area contributed by atoms with E-state index in [1.807, 2.05) is 24.3 Å². The standard InChI is InChI=1S/C14H14N2O/c1-2-3-6-10(9-15)13-11-7-4-5-8-12(11)16-14(13)17/h4-5,7-8H,2-3,6H2,1H3,(H,16,17)/b13-10+. The van der Waals surface area contributed by atoms with Gasteiger partial charge in [-0.1, -0.05) is 31.5 Å². The third-order valence-electron chi connectivity index (χ3n) is 2.89. The van der Waals surface area contributed by atoms with Crippen molar-refractivity contribution in [3.8, 4) is 6.07 Å². The molecule has 0 aromatic heterocycles. The van der Waals surface area contributed by atoms with Crippen LogP contribution >= 0.6 is 0 Å². The average molecular weight is 226 g/mol. The summed E-state index contributed by atoms with van der Waals surface area (Å²) in [7, 11) is 0. The topological polar surface area (TPSA) is 52.9 Å². The van der Waals surface area contributed by atoms with Crippen LogP contribution < -0.4 is 5.32 Å². The molecule has 0 spiro atoms. The van der Waals surface area contributed by atoms with Crippen LogP contribution in [0.4, 0.5) is 5.69 Å². The molecule has 86 valence electrons. The lowest BCUT2D eigenvalue weighted by Gasteiger charge is -2.02. The summed E-state index contributed by atoms with van der Waals surface area (Å²) in [4.78, 5) is 11.9. The lowest BCUT2D eigenvalue weighted by atomic mass is 9.98. The Kier molecular flexibility index (Phi) is 3.24. The van der Waals surface area contributed by atoms with E-state index >= 15 is 0 Å². The molecule has 1 aliphatic rings. The van der Waals surface area contributed by atoms with Gasteiger partial charge in [-0.2, -0.15) is 5.26 Å². The number of rotatable bonds is 3. The van der Waals surface area contributed by atoms with Crippen LogP contribution in [-0.4, -0.2) is 5.91 Å². The van der Waals surface area contributed by atoms with Gasteiger partial charge in [-0.15, -0.1) is 0 Å². The molecule has 1 aromatic carbocycles. The van der Waals surface area contributed by atoms with Gasteiger partial charge in [0.2, 0.25) is 0 Å². The van der Waals surface area contributed by atoms with E-state index in [1.165, 1.54) is 0 Å². The average Bonchev–Trinajstić information content (AvgIpc) is 2.67. The van der Waals surface area contributed by atoms with Gasteiger partial charge in [0.05, 0.1) is 11.6 Å². The molecular weight excluding hydrogens is 212 g/mol. The third-order valence-corrected chi connectivity index (χ3v) is 2.89. The molecule has 0 saturated carbocycles. The van der Waals surface area contributed by atoms with Crippen LogP contribution in [0.25, 0.3) is 5.57 Å². The van der Waals surface area contributed by atoms with Gasteiger partial charge in [-0.25, -0.2) is 0 Å². The van der Waals surface area contributed by atoms with Gasteiger partial charge in [0.25, 0.3) is 5.91 Å². The summed E-state index contributed by atoms with van der Waals surface area (Å²) >= 11 is 0. The molecule has 0 unspecified atom stereocenters. The lowest BCUT2D eigenvalue weighted by Crippen LogP contribution is -2.05. The zero-order valence-electron chi connectivity index (χ0n) is 9.79. The van der Waals surface area contributed by atoms with E-state index in [4.69, 9.17) is 5.26 Å². The predicted octanol–water partition coefficient (Wildman–Crippen LogP) is 3.11. The molecule has 0 atom stereocenters.